The number of nitrogens with two attached hydrogens (primary N) is 1. The van der Waals surface area contributed by atoms with Crippen LogP contribution in [-0.2, 0) is 19.2 Å². The largest absolute Gasteiger partial charge is 0.349 e. The molecule has 4 N–H and O–H groups in total. The molecule has 5 atom stereocenters. The zero-order valence-electron chi connectivity index (χ0n) is 20.4. The number of amides is 3. The summed E-state index contributed by atoms with van der Waals surface area (Å²) in [4.78, 5) is 53.4. The Hall–Kier alpha value is -1.96. The van der Waals surface area contributed by atoms with E-state index in [-0.39, 0.29) is 29.1 Å². The van der Waals surface area contributed by atoms with Crippen LogP contribution >= 0.6 is 0 Å². The second kappa shape index (κ2) is 8.76. The van der Waals surface area contributed by atoms with Crippen molar-refractivity contribution in [2.45, 2.75) is 85.4 Å². The molecule has 0 bridgehead atoms. The third kappa shape index (κ3) is 4.85. The fraction of sp³-hybridized carbons (Fsp3) is 0.833. The van der Waals surface area contributed by atoms with Gasteiger partial charge in [0.1, 0.15) is 6.04 Å². The van der Waals surface area contributed by atoms with Gasteiger partial charge in [0.15, 0.2) is 0 Å². The Morgan fingerprint density at radius 2 is 1.78 bits per heavy atom. The Morgan fingerprint density at radius 1 is 1.16 bits per heavy atom. The van der Waals surface area contributed by atoms with Gasteiger partial charge in [-0.15, -0.1) is 0 Å². The standard InChI is InChI=1S/C24H40N4O4/c1-7-10-26-21(31)18(29)15(11-13-8-9-13)27-20(30)17-16-14(24(16,5)6)12-28(17)22(32)19(25)23(2,3)4/h13-17,19H,7-12,25H2,1-6H3,(H,26,31)(H,27,30)/t14-,15?,16-,17-,19+/m0/s1. The van der Waals surface area contributed by atoms with Crippen molar-refractivity contribution in [1.82, 2.24) is 15.5 Å². The van der Waals surface area contributed by atoms with Crippen molar-refractivity contribution < 1.29 is 19.2 Å². The maximum atomic E-state index is 13.5. The molecule has 1 aliphatic heterocycles. The highest BCUT2D eigenvalue weighted by atomic mass is 16.2. The van der Waals surface area contributed by atoms with E-state index >= 15 is 0 Å². The molecule has 8 nitrogen and oxygen atoms in total. The molecule has 8 heteroatoms. The van der Waals surface area contributed by atoms with E-state index in [2.05, 4.69) is 24.5 Å². The molecule has 0 spiro atoms. The van der Waals surface area contributed by atoms with Gasteiger partial charge in [0.25, 0.3) is 5.91 Å². The molecule has 3 aliphatic rings. The van der Waals surface area contributed by atoms with Crippen LogP contribution in [0.25, 0.3) is 0 Å². The van der Waals surface area contributed by atoms with Gasteiger partial charge in [-0.2, -0.15) is 0 Å². The van der Waals surface area contributed by atoms with E-state index in [1.807, 2.05) is 27.7 Å². The fourth-order valence-electron chi connectivity index (χ4n) is 5.02. The first-order valence-electron chi connectivity index (χ1n) is 12.0. The van der Waals surface area contributed by atoms with E-state index in [9.17, 15) is 19.2 Å². The summed E-state index contributed by atoms with van der Waals surface area (Å²) in [5.41, 5.74) is 5.77. The van der Waals surface area contributed by atoms with E-state index < -0.39 is 35.2 Å². The van der Waals surface area contributed by atoms with Gasteiger partial charge in [-0.05, 0) is 41.4 Å². The molecule has 1 saturated heterocycles. The maximum absolute atomic E-state index is 13.5. The molecule has 0 aromatic heterocycles. The zero-order valence-corrected chi connectivity index (χ0v) is 20.4. The minimum absolute atomic E-state index is 0.0317. The average molecular weight is 449 g/mol. The summed E-state index contributed by atoms with van der Waals surface area (Å²) in [5, 5.41) is 5.48. The molecule has 1 heterocycles. The van der Waals surface area contributed by atoms with Crippen LogP contribution in [0.4, 0.5) is 0 Å². The summed E-state index contributed by atoms with van der Waals surface area (Å²) >= 11 is 0. The first-order valence-corrected chi connectivity index (χ1v) is 12.0. The molecule has 32 heavy (non-hydrogen) atoms. The molecule has 2 saturated carbocycles. The van der Waals surface area contributed by atoms with Crippen LogP contribution in [0.5, 0.6) is 0 Å². The second-order valence-electron chi connectivity index (χ2n) is 11.6. The summed E-state index contributed by atoms with van der Waals surface area (Å²) in [5.74, 6) is -1.22. The quantitative estimate of drug-likeness (QED) is 0.458. The molecular weight excluding hydrogens is 408 g/mol. The summed E-state index contributed by atoms with van der Waals surface area (Å²) in [6, 6.07) is -2.24. The number of ketones is 1. The Morgan fingerprint density at radius 3 is 2.31 bits per heavy atom. The number of hydrogen-bond acceptors (Lipinski definition) is 5. The lowest BCUT2D eigenvalue weighted by molar-refractivity contribution is -0.145. The van der Waals surface area contributed by atoms with Crippen LogP contribution in [-0.4, -0.2) is 59.6 Å². The van der Waals surface area contributed by atoms with Crippen molar-refractivity contribution in [2.75, 3.05) is 13.1 Å². The van der Waals surface area contributed by atoms with Crippen LogP contribution in [0.1, 0.15) is 67.2 Å². The SMILES string of the molecule is CCCNC(=O)C(=O)C(CC1CC1)NC(=O)[C@@H]1[C@@H]2[C@H](CN1C(=O)[C@@H](N)C(C)(C)C)C2(C)C. The van der Waals surface area contributed by atoms with Crippen molar-refractivity contribution in [1.29, 1.82) is 0 Å². The van der Waals surface area contributed by atoms with Crippen LogP contribution in [0, 0.1) is 28.6 Å². The second-order valence-corrected chi connectivity index (χ2v) is 11.6. The van der Waals surface area contributed by atoms with Gasteiger partial charge in [0, 0.05) is 13.1 Å². The van der Waals surface area contributed by atoms with E-state index in [0.29, 0.717) is 25.4 Å². The van der Waals surface area contributed by atoms with Gasteiger partial charge in [-0.25, -0.2) is 0 Å². The fourth-order valence-corrected chi connectivity index (χ4v) is 5.02. The number of nitrogens with one attached hydrogen (secondary N) is 2. The Kier molecular flexibility index (Phi) is 6.76. The van der Waals surface area contributed by atoms with Gasteiger partial charge in [-0.3, -0.25) is 19.2 Å². The summed E-state index contributed by atoms with van der Waals surface area (Å²) in [7, 11) is 0. The van der Waals surface area contributed by atoms with Crippen molar-refractivity contribution in [3.63, 3.8) is 0 Å². The smallest absolute Gasteiger partial charge is 0.289 e. The number of piperidine rings is 1. The highest BCUT2D eigenvalue weighted by Gasteiger charge is 2.69. The highest BCUT2D eigenvalue weighted by Crippen LogP contribution is 2.65. The molecule has 3 fully saturated rings. The van der Waals surface area contributed by atoms with Gasteiger partial charge >= 0.3 is 0 Å². The van der Waals surface area contributed by atoms with E-state index in [1.165, 1.54) is 0 Å². The summed E-state index contributed by atoms with van der Waals surface area (Å²) in [6.07, 6.45) is 3.19. The first-order chi connectivity index (χ1) is 14.8. The zero-order chi connectivity index (χ0) is 24.0. The maximum Gasteiger partial charge on any atom is 0.289 e. The topological polar surface area (TPSA) is 122 Å². The number of Topliss-reactive ketones (excluding diaryl/α,β-unsaturated/α-hetero) is 1. The van der Waals surface area contributed by atoms with Crippen molar-refractivity contribution >= 4 is 23.5 Å². The summed E-state index contributed by atoms with van der Waals surface area (Å²) in [6.45, 7) is 12.8. The van der Waals surface area contributed by atoms with E-state index in [0.717, 1.165) is 19.3 Å². The minimum Gasteiger partial charge on any atom is -0.349 e. The Balaban J connectivity index is 1.77. The third-order valence-corrected chi connectivity index (χ3v) is 7.62. The molecule has 3 amide bonds. The average Bonchev–Trinajstić information content (AvgIpc) is 3.56. The molecule has 0 aromatic rings. The van der Waals surface area contributed by atoms with Crippen LogP contribution in [0.3, 0.4) is 0 Å². The van der Waals surface area contributed by atoms with Gasteiger partial charge < -0.3 is 21.3 Å². The van der Waals surface area contributed by atoms with Crippen LogP contribution in [0.15, 0.2) is 0 Å². The van der Waals surface area contributed by atoms with Crippen LogP contribution < -0.4 is 16.4 Å². The van der Waals surface area contributed by atoms with Crippen LogP contribution in [0.2, 0.25) is 0 Å². The molecule has 2 aliphatic carbocycles. The Labute approximate surface area is 191 Å². The molecule has 0 radical (unpaired) electrons. The normalized spacial score (nSPS) is 27.8. The molecular formula is C24H40N4O4. The lowest BCUT2D eigenvalue weighted by Crippen LogP contribution is -2.59. The van der Waals surface area contributed by atoms with Crippen molar-refractivity contribution in [2.24, 2.45) is 34.3 Å². The van der Waals surface area contributed by atoms with E-state index in [4.69, 9.17) is 5.73 Å². The molecule has 3 rings (SSSR count). The predicted molar refractivity (Wildman–Crippen MR) is 121 cm³/mol. The van der Waals surface area contributed by atoms with Crippen molar-refractivity contribution in [3.8, 4) is 0 Å². The first kappa shape index (κ1) is 24.7. The number of rotatable bonds is 9. The molecule has 180 valence electrons. The minimum atomic E-state index is -0.860. The number of fused-ring (bicyclic) bond motifs is 1. The lowest BCUT2D eigenvalue weighted by atomic mass is 9.86. The third-order valence-electron chi connectivity index (χ3n) is 7.62. The van der Waals surface area contributed by atoms with Gasteiger partial charge in [0.05, 0.1) is 12.1 Å². The Bertz CT molecular complexity index is 783. The number of carbonyl (C=O) groups excluding carboxylic acids is 4. The predicted octanol–water partition coefficient (Wildman–Crippen LogP) is 1.22. The van der Waals surface area contributed by atoms with Gasteiger partial charge in [0.2, 0.25) is 17.6 Å². The number of nitrogens with zero attached hydrogens (tertiary/aromatic N) is 1. The number of likely N-dealkylation sites (tertiary alicyclic amines) is 1. The van der Waals surface area contributed by atoms with Crippen molar-refractivity contribution in [3.05, 3.63) is 0 Å². The monoisotopic (exact) mass is 448 g/mol. The number of carbonyl (C=O) groups is 4. The lowest BCUT2D eigenvalue weighted by Gasteiger charge is -2.36. The highest BCUT2D eigenvalue weighted by molar-refractivity contribution is 6.38. The van der Waals surface area contributed by atoms with Gasteiger partial charge in [-0.1, -0.05) is 54.4 Å². The number of hydrogen-bond donors (Lipinski definition) is 3. The summed E-state index contributed by atoms with van der Waals surface area (Å²) < 4.78 is 0. The molecule has 0 aromatic carbocycles. The molecule has 1 unspecified atom stereocenters. The van der Waals surface area contributed by atoms with E-state index in [1.54, 1.807) is 4.90 Å².